The van der Waals surface area contributed by atoms with E-state index in [9.17, 15) is 9.59 Å². The molecule has 0 unspecified atom stereocenters. The summed E-state index contributed by atoms with van der Waals surface area (Å²) in [6.45, 7) is 2.85. The molecule has 1 spiro atoms. The molecule has 2 saturated heterocycles. The second kappa shape index (κ2) is 5.31. The molecule has 0 aromatic carbocycles. The number of hydrogen-bond donors (Lipinski definition) is 0. The smallest absolute Gasteiger partial charge is 0.410 e. The molecule has 7 nitrogen and oxygen atoms in total. The molecule has 1 atom stereocenters. The lowest BCUT2D eigenvalue weighted by atomic mass is 9.92. The fraction of sp³-hybridized carbons (Fsp3) is 0.533. The largest absolute Gasteiger partial charge is 0.440 e. The van der Waals surface area contributed by atoms with Crippen molar-refractivity contribution < 1.29 is 9.53 Å². The molecule has 0 aliphatic carbocycles. The minimum absolute atomic E-state index is 0.0509. The second-order valence-electron chi connectivity index (χ2n) is 6.36. The zero-order valence-electron chi connectivity index (χ0n) is 12.9. The number of carbonyl (C=O) groups is 1. The molecule has 0 bridgehead atoms. The molecule has 122 valence electrons. The van der Waals surface area contributed by atoms with Crippen molar-refractivity contribution in [2.75, 3.05) is 26.7 Å². The average molecular weight is 334 g/mol. The van der Waals surface area contributed by atoms with Crippen LogP contribution in [-0.2, 0) is 11.3 Å². The summed E-state index contributed by atoms with van der Waals surface area (Å²) in [6.07, 6.45) is 3.35. The Morgan fingerprint density at radius 2 is 2.26 bits per heavy atom. The van der Waals surface area contributed by atoms with Crippen molar-refractivity contribution in [1.29, 1.82) is 0 Å². The molecule has 2 aliphatic rings. The third-order valence-electron chi connectivity index (χ3n) is 4.50. The first-order valence-corrected chi connectivity index (χ1v) is 8.55. The summed E-state index contributed by atoms with van der Waals surface area (Å²) in [5, 5.41) is 1.86. The van der Waals surface area contributed by atoms with Crippen molar-refractivity contribution in [3.05, 3.63) is 33.7 Å². The van der Waals surface area contributed by atoms with Crippen molar-refractivity contribution in [3.8, 4) is 0 Å². The molecule has 0 radical (unpaired) electrons. The Kier molecular flexibility index (Phi) is 3.38. The van der Waals surface area contributed by atoms with Crippen LogP contribution in [-0.4, -0.2) is 57.6 Å². The molecule has 4 heterocycles. The highest BCUT2D eigenvalue weighted by Gasteiger charge is 2.46. The predicted molar refractivity (Wildman–Crippen MR) is 85.7 cm³/mol. The van der Waals surface area contributed by atoms with Gasteiger partial charge in [0.25, 0.3) is 5.56 Å². The van der Waals surface area contributed by atoms with E-state index in [1.165, 1.54) is 11.3 Å². The first kappa shape index (κ1) is 14.6. The van der Waals surface area contributed by atoms with E-state index in [0.29, 0.717) is 24.6 Å². The van der Waals surface area contributed by atoms with E-state index in [4.69, 9.17) is 4.74 Å². The van der Waals surface area contributed by atoms with Crippen LogP contribution in [0.4, 0.5) is 4.79 Å². The molecule has 0 N–H and O–H groups in total. The summed E-state index contributed by atoms with van der Waals surface area (Å²) in [7, 11) is 1.77. The van der Waals surface area contributed by atoms with Gasteiger partial charge in [-0.15, -0.1) is 11.3 Å². The second-order valence-corrected chi connectivity index (χ2v) is 7.24. The highest BCUT2D eigenvalue weighted by Crippen LogP contribution is 2.31. The van der Waals surface area contributed by atoms with E-state index in [1.807, 2.05) is 5.38 Å². The molecular formula is C15H18N4O3S. The summed E-state index contributed by atoms with van der Waals surface area (Å²) < 4.78 is 7.17. The van der Waals surface area contributed by atoms with Gasteiger partial charge in [-0.3, -0.25) is 14.1 Å². The minimum atomic E-state index is -0.411. The molecule has 2 aliphatic heterocycles. The topological polar surface area (TPSA) is 67.2 Å². The van der Waals surface area contributed by atoms with Gasteiger partial charge in [-0.1, -0.05) is 0 Å². The van der Waals surface area contributed by atoms with Crippen molar-refractivity contribution >= 4 is 22.4 Å². The molecule has 1 amide bonds. The van der Waals surface area contributed by atoms with Gasteiger partial charge in [0, 0.05) is 37.8 Å². The van der Waals surface area contributed by atoms with Gasteiger partial charge in [0.1, 0.15) is 5.60 Å². The predicted octanol–water partition coefficient (Wildman–Crippen LogP) is 1.17. The van der Waals surface area contributed by atoms with Gasteiger partial charge in [0.15, 0.2) is 4.96 Å². The van der Waals surface area contributed by atoms with E-state index >= 15 is 0 Å². The number of fused-ring (bicyclic) bond motifs is 1. The van der Waals surface area contributed by atoms with E-state index in [-0.39, 0.29) is 11.7 Å². The average Bonchev–Trinajstić information content (AvgIpc) is 3.05. The Labute approximate surface area is 137 Å². The Morgan fingerprint density at radius 1 is 1.39 bits per heavy atom. The number of likely N-dealkylation sites (tertiary alicyclic amines) is 1. The summed E-state index contributed by atoms with van der Waals surface area (Å²) in [4.78, 5) is 32.9. The zero-order valence-corrected chi connectivity index (χ0v) is 13.7. The maximum atomic E-state index is 12.1. The highest BCUT2D eigenvalue weighted by atomic mass is 32.1. The van der Waals surface area contributed by atoms with Crippen LogP contribution in [0.5, 0.6) is 0 Å². The number of aromatic nitrogens is 2. The number of piperidine rings is 1. The number of likely N-dealkylation sites (N-methyl/N-ethyl adjacent to an activating group) is 1. The van der Waals surface area contributed by atoms with E-state index in [1.54, 1.807) is 28.6 Å². The molecule has 2 aromatic heterocycles. The normalized spacial score (nSPS) is 25.4. The lowest BCUT2D eigenvalue weighted by molar-refractivity contribution is -0.0116. The summed E-state index contributed by atoms with van der Waals surface area (Å²) >= 11 is 1.45. The number of nitrogens with zero attached hydrogens (tertiary/aromatic N) is 4. The van der Waals surface area contributed by atoms with E-state index in [2.05, 4.69) is 9.88 Å². The standard InChI is InChI=1S/C15H18N4O3S/c1-17-9-15(22-14(17)21)3-2-4-18(10-15)8-11-7-12(20)19-5-6-23-13(19)16-11/h5-7H,2-4,8-10H2,1H3/t15-/m1/s1. The van der Waals surface area contributed by atoms with Crippen LogP contribution in [0.3, 0.4) is 0 Å². The number of ether oxygens (including phenoxy) is 1. The Balaban J connectivity index is 1.54. The number of amides is 1. The molecular weight excluding hydrogens is 316 g/mol. The molecule has 8 heteroatoms. The molecule has 4 rings (SSSR count). The lowest BCUT2D eigenvalue weighted by Gasteiger charge is -2.38. The van der Waals surface area contributed by atoms with Crippen LogP contribution < -0.4 is 5.56 Å². The number of thiazole rings is 1. The van der Waals surface area contributed by atoms with Crippen molar-refractivity contribution in [3.63, 3.8) is 0 Å². The zero-order chi connectivity index (χ0) is 16.0. The summed E-state index contributed by atoms with van der Waals surface area (Å²) in [5.74, 6) is 0. The van der Waals surface area contributed by atoms with Crippen LogP contribution in [0.1, 0.15) is 18.5 Å². The minimum Gasteiger partial charge on any atom is -0.440 e. The SMILES string of the molecule is CN1C[C@@]2(CCCN(Cc3cc(=O)n4ccsc4n3)C2)OC1=O. The van der Waals surface area contributed by atoms with Crippen molar-refractivity contribution in [1.82, 2.24) is 19.2 Å². The number of carbonyl (C=O) groups excluding carboxylic acids is 1. The van der Waals surface area contributed by atoms with Gasteiger partial charge >= 0.3 is 6.09 Å². The Morgan fingerprint density at radius 3 is 3.04 bits per heavy atom. The van der Waals surface area contributed by atoms with Crippen LogP contribution in [0.25, 0.3) is 4.96 Å². The molecule has 2 fully saturated rings. The van der Waals surface area contributed by atoms with Crippen LogP contribution >= 0.6 is 11.3 Å². The van der Waals surface area contributed by atoms with Gasteiger partial charge in [-0.05, 0) is 19.4 Å². The summed E-state index contributed by atoms with van der Waals surface area (Å²) in [6, 6.07) is 1.59. The maximum absolute atomic E-state index is 12.1. The third kappa shape index (κ3) is 2.61. The molecule has 2 aromatic rings. The van der Waals surface area contributed by atoms with Crippen molar-refractivity contribution in [2.24, 2.45) is 0 Å². The van der Waals surface area contributed by atoms with Crippen LogP contribution in [0.2, 0.25) is 0 Å². The van der Waals surface area contributed by atoms with Crippen LogP contribution in [0.15, 0.2) is 22.4 Å². The Bertz CT molecular complexity index is 816. The van der Waals surface area contributed by atoms with E-state index in [0.717, 1.165) is 25.1 Å². The van der Waals surface area contributed by atoms with Crippen molar-refractivity contribution in [2.45, 2.75) is 25.0 Å². The maximum Gasteiger partial charge on any atom is 0.410 e. The molecule has 23 heavy (non-hydrogen) atoms. The van der Waals surface area contributed by atoms with Crippen LogP contribution in [0, 0.1) is 0 Å². The Hall–Kier alpha value is -1.93. The fourth-order valence-corrected chi connectivity index (χ4v) is 4.27. The highest BCUT2D eigenvalue weighted by molar-refractivity contribution is 7.15. The monoisotopic (exact) mass is 334 g/mol. The van der Waals surface area contributed by atoms with Gasteiger partial charge in [0.05, 0.1) is 12.2 Å². The quantitative estimate of drug-likeness (QED) is 0.825. The lowest BCUT2D eigenvalue weighted by Crippen LogP contribution is -2.50. The van der Waals surface area contributed by atoms with Gasteiger partial charge in [0.2, 0.25) is 0 Å². The number of rotatable bonds is 2. The first-order chi connectivity index (χ1) is 11.0. The van der Waals surface area contributed by atoms with Gasteiger partial charge in [-0.25, -0.2) is 9.78 Å². The third-order valence-corrected chi connectivity index (χ3v) is 5.26. The fourth-order valence-electron chi connectivity index (χ4n) is 3.53. The molecule has 0 saturated carbocycles. The van der Waals surface area contributed by atoms with E-state index < -0.39 is 5.60 Å². The van der Waals surface area contributed by atoms with Gasteiger partial charge in [-0.2, -0.15) is 0 Å². The van der Waals surface area contributed by atoms with Gasteiger partial charge < -0.3 is 9.64 Å². The first-order valence-electron chi connectivity index (χ1n) is 7.67. The number of hydrogen-bond acceptors (Lipinski definition) is 6. The summed E-state index contributed by atoms with van der Waals surface area (Å²) in [5.41, 5.74) is 0.309.